The Bertz CT molecular complexity index is 1280. The van der Waals surface area contributed by atoms with Gasteiger partial charge in [0.25, 0.3) is 0 Å². The number of hydrogen-bond acceptors (Lipinski definition) is 5. The number of aryl methyl sites for hydroxylation is 1. The molecule has 0 saturated heterocycles. The molecule has 2 heterocycles. The molecule has 0 saturated carbocycles. The van der Waals surface area contributed by atoms with Gasteiger partial charge in [0.05, 0.1) is 7.11 Å². The Labute approximate surface area is 174 Å². The summed E-state index contributed by atoms with van der Waals surface area (Å²) in [6.45, 7) is 3.07. The van der Waals surface area contributed by atoms with Gasteiger partial charge in [-0.05, 0) is 48.4 Å². The third-order valence-electron chi connectivity index (χ3n) is 5.54. The van der Waals surface area contributed by atoms with Crippen LogP contribution in [-0.2, 0) is 6.54 Å². The van der Waals surface area contributed by atoms with E-state index in [0.717, 1.165) is 44.8 Å². The molecule has 1 aliphatic heterocycles. The van der Waals surface area contributed by atoms with Crippen molar-refractivity contribution in [1.29, 1.82) is 0 Å². The van der Waals surface area contributed by atoms with Gasteiger partial charge in [-0.1, -0.05) is 30.3 Å². The first kappa shape index (κ1) is 18.3. The molecule has 0 amide bonds. The van der Waals surface area contributed by atoms with Crippen LogP contribution in [0.2, 0.25) is 0 Å². The summed E-state index contributed by atoms with van der Waals surface area (Å²) in [5.74, 6) is 1.61. The molecule has 1 aliphatic rings. The predicted octanol–water partition coefficient (Wildman–Crippen LogP) is 5.13. The molecule has 3 aromatic carbocycles. The Morgan fingerprint density at radius 1 is 1.00 bits per heavy atom. The van der Waals surface area contributed by atoms with Crippen LogP contribution >= 0.6 is 0 Å². The smallest absolute Gasteiger partial charge is 0.336 e. The van der Waals surface area contributed by atoms with E-state index in [-0.39, 0.29) is 5.63 Å². The Kier molecular flexibility index (Phi) is 4.43. The summed E-state index contributed by atoms with van der Waals surface area (Å²) in [6.07, 6.45) is 0. The van der Waals surface area contributed by atoms with Gasteiger partial charge >= 0.3 is 5.63 Å². The summed E-state index contributed by atoms with van der Waals surface area (Å²) in [5.41, 5.74) is 5.05. The summed E-state index contributed by atoms with van der Waals surface area (Å²) >= 11 is 0. The third kappa shape index (κ3) is 3.08. The van der Waals surface area contributed by atoms with Gasteiger partial charge in [0.2, 0.25) is 0 Å². The number of hydrogen-bond donors (Lipinski definition) is 0. The number of anilines is 1. The highest BCUT2D eigenvalue weighted by Gasteiger charge is 2.23. The van der Waals surface area contributed by atoms with Crippen molar-refractivity contribution in [3.05, 3.63) is 88.3 Å². The molecule has 5 rings (SSSR count). The number of rotatable bonds is 3. The average Bonchev–Trinajstić information content (AvgIpc) is 2.79. The normalized spacial score (nSPS) is 13.1. The van der Waals surface area contributed by atoms with Crippen LogP contribution in [-0.4, -0.2) is 13.8 Å². The largest absolute Gasteiger partial charge is 0.497 e. The lowest BCUT2D eigenvalue weighted by atomic mass is 9.97. The van der Waals surface area contributed by atoms with Crippen molar-refractivity contribution in [2.24, 2.45) is 0 Å². The molecule has 0 fully saturated rings. The van der Waals surface area contributed by atoms with E-state index in [1.807, 2.05) is 61.5 Å². The van der Waals surface area contributed by atoms with Crippen molar-refractivity contribution in [3.8, 4) is 22.6 Å². The van der Waals surface area contributed by atoms with Gasteiger partial charge in [-0.3, -0.25) is 0 Å². The third-order valence-corrected chi connectivity index (χ3v) is 5.54. The second-order valence-electron chi connectivity index (χ2n) is 7.38. The Morgan fingerprint density at radius 2 is 1.77 bits per heavy atom. The fourth-order valence-corrected chi connectivity index (χ4v) is 4.04. The van der Waals surface area contributed by atoms with Crippen LogP contribution < -0.4 is 20.0 Å². The van der Waals surface area contributed by atoms with Gasteiger partial charge in [0.1, 0.15) is 17.1 Å². The SMILES string of the molecule is COc1ccc(N2COc3c(cc4c(-c5ccccc5)cc(=O)oc4c3C)C2)cc1. The molecular formula is C25H21NO4. The van der Waals surface area contributed by atoms with Crippen LogP contribution in [0.15, 0.2) is 75.9 Å². The van der Waals surface area contributed by atoms with Crippen LogP contribution in [0.25, 0.3) is 22.1 Å². The molecule has 0 atom stereocenters. The van der Waals surface area contributed by atoms with E-state index in [9.17, 15) is 4.79 Å². The maximum Gasteiger partial charge on any atom is 0.336 e. The summed E-state index contributed by atoms with van der Waals surface area (Å²) < 4.78 is 17.0. The molecule has 0 N–H and O–H groups in total. The first-order chi connectivity index (χ1) is 14.6. The van der Waals surface area contributed by atoms with Crippen LogP contribution in [0.3, 0.4) is 0 Å². The topological polar surface area (TPSA) is 51.9 Å². The van der Waals surface area contributed by atoms with E-state index in [1.54, 1.807) is 13.2 Å². The van der Waals surface area contributed by atoms with Crippen molar-refractivity contribution < 1.29 is 13.9 Å². The number of benzene rings is 3. The molecule has 0 bridgehead atoms. The summed E-state index contributed by atoms with van der Waals surface area (Å²) in [6, 6.07) is 21.5. The molecule has 5 heteroatoms. The fourth-order valence-electron chi connectivity index (χ4n) is 4.04. The van der Waals surface area contributed by atoms with Gasteiger partial charge in [-0.25, -0.2) is 4.79 Å². The molecule has 0 aliphatic carbocycles. The van der Waals surface area contributed by atoms with Crippen molar-refractivity contribution in [2.75, 3.05) is 18.7 Å². The molecule has 30 heavy (non-hydrogen) atoms. The van der Waals surface area contributed by atoms with E-state index in [4.69, 9.17) is 13.9 Å². The lowest BCUT2D eigenvalue weighted by Crippen LogP contribution is -2.32. The predicted molar refractivity (Wildman–Crippen MR) is 117 cm³/mol. The minimum atomic E-state index is -0.361. The second-order valence-corrected chi connectivity index (χ2v) is 7.38. The number of ether oxygens (including phenoxy) is 2. The highest BCUT2D eigenvalue weighted by molar-refractivity contribution is 5.96. The van der Waals surface area contributed by atoms with Gasteiger partial charge in [0, 0.05) is 34.8 Å². The Balaban J connectivity index is 1.63. The van der Waals surface area contributed by atoms with E-state index in [0.29, 0.717) is 18.9 Å². The second kappa shape index (κ2) is 7.26. The van der Waals surface area contributed by atoms with Gasteiger partial charge < -0.3 is 18.8 Å². The van der Waals surface area contributed by atoms with Crippen LogP contribution in [0.1, 0.15) is 11.1 Å². The molecule has 0 spiro atoms. The lowest BCUT2D eigenvalue weighted by molar-refractivity contribution is 0.287. The lowest BCUT2D eigenvalue weighted by Gasteiger charge is -2.32. The van der Waals surface area contributed by atoms with Crippen LogP contribution in [0.5, 0.6) is 11.5 Å². The first-order valence-corrected chi connectivity index (χ1v) is 9.81. The maximum absolute atomic E-state index is 12.3. The van der Waals surface area contributed by atoms with E-state index >= 15 is 0 Å². The minimum absolute atomic E-state index is 0.361. The van der Waals surface area contributed by atoms with Gasteiger partial charge in [-0.2, -0.15) is 0 Å². The highest BCUT2D eigenvalue weighted by atomic mass is 16.5. The van der Waals surface area contributed by atoms with E-state index in [2.05, 4.69) is 11.0 Å². The monoisotopic (exact) mass is 399 g/mol. The van der Waals surface area contributed by atoms with E-state index in [1.165, 1.54) is 0 Å². The fraction of sp³-hybridized carbons (Fsp3) is 0.160. The number of fused-ring (bicyclic) bond motifs is 2. The molecule has 5 nitrogen and oxygen atoms in total. The Morgan fingerprint density at radius 3 is 2.50 bits per heavy atom. The quantitative estimate of drug-likeness (QED) is 0.447. The van der Waals surface area contributed by atoms with Crippen LogP contribution in [0, 0.1) is 6.92 Å². The van der Waals surface area contributed by atoms with Crippen molar-refractivity contribution in [3.63, 3.8) is 0 Å². The van der Waals surface area contributed by atoms with Crippen LogP contribution in [0.4, 0.5) is 5.69 Å². The van der Waals surface area contributed by atoms with E-state index < -0.39 is 0 Å². The summed E-state index contributed by atoms with van der Waals surface area (Å²) in [5, 5.41) is 0.914. The zero-order valence-electron chi connectivity index (χ0n) is 16.8. The zero-order chi connectivity index (χ0) is 20.7. The summed E-state index contributed by atoms with van der Waals surface area (Å²) in [4.78, 5) is 14.4. The van der Waals surface area contributed by atoms with Gasteiger partial charge in [-0.15, -0.1) is 0 Å². The number of nitrogens with zero attached hydrogens (tertiary/aromatic N) is 1. The number of methoxy groups -OCH3 is 1. The van der Waals surface area contributed by atoms with Crippen molar-refractivity contribution >= 4 is 16.7 Å². The summed E-state index contributed by atoms with van der Waals surface area (Å²) in [7, 11) is 1.66. The average molecular weight is 399 g/mol. The minimum Gasteiger partial charge on any atom is -0.497 e. The molecule has 0 unspecified atom stereocenters. The molecule has 1 aromatic heterocycles. The van der Waals surface area contributed by atoms with Crippen molar-refractivity contribution in [2.45, 2.75) is 13.5 Å². The van der Waals surface area contributed by atoms with Gasteiger partial charge in [0.15, 0.2) is 6.73 Å². The molecule has 0 radical (unpaired) electrons. The first-order valence-electron chi connectivity index (χ1n) is 9.81. The standard InChI is InChI=1S/C25H21NO4/c1-16-24-18(14-26(15-29-24)19-8-10-20(28-2)11-9-19)12-22-21(13-23(27)30-25(16)22)17-6-4-3-5-7-17/h3-13H,14-15H2,1-2H3. The molecule has 150 valence electrons. The maximum atomic E-state index is 12.3. The van der Waals surface area contributed by atoms with Crippen molar-refractivity contribution in [1.82, 2.24) is 0 Å². The molecule has 4 aromatic rings. The Hall–Kier alpha value is -3.73. The highest BCUT2D eigenvalue weighted by Crippen LogP contribution is 2.39. The zero-order valence-corrected chi connectivity index (χ0v) is 16.8. The molecular weight excluding hydrogens is 378 g/mol.